The average molecular weight is 346 g/mol. The summed E-state index contributed by atoms with van der Waals surface area (Å²) in [5.41, 5.74) is 1.79. The van der Waals surface area contributed by atoms with Gasteiger partial charge in [-0.2, -0.15) is 5.10 Å². The van der Waals surface area contributed by atoms with E-state index in [0.29, 0.717) is 16.3 Å². The van der Waals surface area contributed by atoms with E-state index in [1.165, 1.54) is 0 Å². The number of anilines is 1. The fourth-order valence-corrected chi connectivity index (χ4v) is 2.52. The molecule has 1 amide bonds. The van der Waals surface area contributed by atoms with Crippen LogP contribution in [0.1, 0.15) is 36.1 Å². The van der Waals surface area contributed by atoms with Crippen LogP contribution in [-0.4, -0.2) is 25.9 Å². The van der Waals surface area contributed by atoms with Crippen LogP contribution in [0.2, 0.25) is 5.02 Å². The van der Waals surface area contributed by atoms with E-state index in [-0.39, 0.29) is 17.9 Å². The maximum atomic E-state index is 12.3. The summed E-state index contributed by atoms with van der Waals surface area (Å²) < 4.78 is 7.23. The number of aryl methyl sites for hydroxylation is 1. The van der Waals surface area contributed by atoms with E-state index in [9.17, 15) is 4.79 Å². The summed E-state index contributed by atoms with van der Waals surface area (Å²) in [6.07, 6.45) is 0. The molecule has 2 aromatic heterocycles. The van der Waals surface area contributed by atoms with Crippen molar-refractivity contribution < 1.29 is 9.21 Å². The SMILES string of the molecule is Cc1cc(C(=O)Nc2nnc(-c3ccccc3Cl)o2)nn1C(C)C. The first-order chi connectivity index (χ1) is 11.5. The third kappa shape index (κ3) is 3.16. The molecule has 1 aromatic carbocycles. The minimum atomic E-state index is -0.410. The van der Waals surface area contributed by atoms with Gasteiger partial charge in [0.1, 0.15) is 0 Å². The number of carbonyl (C=O) groups excluding carboxylic acids is 1. The van der Waals surface area contributed by atoms with E-state index in [4.69, 9.17) is 16.0 Å². The third-order valence-corrected chi connectivity index (χ3v) is 3.72. The molecule has 8 heteroatoms. The van der Waals surface area contributed by atoms with Crippen molar-refractivity contribution in [3.05, 3.63) is 46.7 Å². The van der Waals surface area contributed by atoms with Gasteiger partial charge in [0, 0.05) is 11.7 Å². The molecular weight excluding hydrogens is 330 g/mol. The number of carbonyl (C=O) groups is 1. The molecule has 0 aliphatic carbocycles. The Bertz CT molecular complexity index is 884. The van der Waals surface area contributed by atoms with Crippen molar-refractivity contribution >= 4 is 23.5 Å². The molecule has 0 saturated carbocycles. The molecule has 0 fully saturated rings. The monoisotopic (exact) mass is 345 g/mol. The van der Waals surface area contributed by atoms with Crippen LogP contribution in [0.25, 0.3) is 11.5 Å². The second kappa shape index (κ2) is 6.45. The maximum absolute atomic E-state index is 12.3. The van der Waals surface area contributed by atoms with Gasteiger partial charge in [-0.05, 0) is 39.0 Å². The van der Waals surface area contributed by atoms with Crippen molar-refractivity contribution in [1.82, 2.24) is 20.0 Å². The Hall–Kier alpha value is -2.67. The summed E-state index contributed by atoms with van der Waals surface area (Å²) in [4.78, 5) is 12.3. The van der Waals surface area contributed by atoms with E-state index in [2.05, 4.69) is 20.6 Å². The molecule has 3 rings (SSSR count). The molecular formula is C16H16ClN5O2. The van der Waals surface area contributed by atoms with Gasteiger partial charge in [0.25, 0.3) is 11.8 Å². The van der Waals surface area contributed by atoms with Crippen molar-refractivity contribution in [2.75, 3.05) is 5.32 Å². The molecule has 0 unspecified atom stereocenters. The molecule has 2 heterocycles. The molecule has 0 aliphatic heterocycles. The number of hydrogen-bond donors (Lipinski definition) is 1. The summed E-state index contributed by atoms with van der Waals surface area (Å²) in [5, 5.41) is 15.0. The molecule has 3 aromatic rings. The van der Waals surface area contributed by atoms with Crippen LogP contribution in [0.4, 0.5) is 6.01 Å². The fourth-order valence-electron chi connectivity index (χ4n) is 2.30. The first-order valence-corrected chi connectivity index (χ1v) is 7.79. The highest BCUT2D eigenvalue weighted by Crippen LogP contribution is 2.27. The number of halogens is 1. The Kier molecular flexibility index (Phi) is 4.35. The van der Waals surface area contributed by atoms with Crippen molar-refractivity contribution in [2.24, 2.45) is 0 Å². The van der Waals surface area contributed by atoms with E-state index >= 15 is 0 Å². The Labute approximate surface area is 143 Å². The first-order valence-electron chi connectivity index (χ1n) is 7.41. The number of aromatic nitrogens is 4. The minimum absolute atomic E-state index is 0.00771. The summed E-state index contributed by atoms with van der Waals surface area (Å²) >= 11 is 6.09. The number of rotatable bonds is 4. The zero-order chi connectivity index (χ0) is 17.3. The summed E-state index contributed by atoms with van der Waals surface area (Å²) in [6, 6.07) is 8.97. The standard InChI is InChI=1S/C16H16ClN5O2/c1-9(2)22-10(3)8-13(21-22)14(23)18-16-20-19-15(24-16)11-6-4-5-7-12(11)17/h4-9H,1-3H3,(H,18,20,23). The van der Waals surface area contributed by atoms with E-state index < -0.39 is 5.91 Å². The molecule has 0 spiro atoms. The van der Waals surface area contributed by atoms with E-state index in [1.54, 1.807) is 28.9 Å². The van der Waals surface area contributed by atoms with Crippen LogP contribution in [0.5, 0.6) is 0 Å². The van der Waals surface area contributed by atoms with Gasteiger partial charge in [-0.25, -0.2) is 0 Å². The molecule has 0 aliphatic rings. The zero-order valence-electron chi connectivity index (χ0n) is 13.4. The van der Waals surface area contributed by atoms with Crippen molar-refractivity contribution in [3.8, 4) is 11.5 Å². The topological polar surface area (TPSA) is 85.8 Å². The molecule has 0 radical (unpaired) electrons. The van der Waals surface area contributed by atoms with Crippen LogP contribution in [0, 0.1) is 6.92 Å². The number of hydrogen-bond acceptors (Lipinski definition) is 5. The van der Waals surface area contributed by atoms with Crippen molar-refractivity contribution in [1.29, 1.82) is 0 Å². The average Bonchev–Trinajstić information content (AvgIpc) is 3.14. The van der Waals surface area contributed by atoms with Gasteiger partial charge in [0.05, 0.1) is 10.6 Å². The smallest absolute Gasteiger partial charge is 0.322 e. The molecule has 0 bridgehead atoms. The molecule has 24 heavy (non-hydrogen) atoms. The molecule has 124 valence electrons. The highest BCUT2D eigenvalue weighted by Gasteiger charge is 2.17. The Morgan fingerprint density at radius 2 is 2.04 bits per heavy atom. The van der Waals surface area contributed by atoms with Crippen molar-refractivity contribution in [3.63, 3.8) is 0 Å². The second-order valence-electron chi connectivity index (χ2n) is 5.56. The summed E-state index contributed by atoms with van der Waals surface area (Å²) in [5.74, 6) is -0.174. The lowest BCUT2D eigenvalue weighted by molar-refractivity contribution is 0.101. The van der Waals surface area contributed by atoms with Gasteiger partial charge in [0.15, 0.2) is 5.69 Å². The first kappa shape index (κ1) is 16.2. The highest BCUT2D eigenvalue weighted by molar-refractivity contribution is 6.33. The minimum Gasteiger partial charge on any atom is -0.403 e. The third-order valence-electron chi connectivity index (χ3n) is 3.39. The lowest BCUT2D eigenvalue weighted by atomic mass is 10.2. The van der Waals surface area contributed by atoms with Gasteiger partial charge < -0.3 is 4.42 Å². The van der Waals surface area contributed by atoms with Gasteiger partial charge in [-0.3, -0.25) is 14.8 Å². The van der Waals surface area contributed by atoms with Crippen molar-refractivity contribution in [2.45, 2.75) is 26.8 Å². The van der Waals surface area contributed by atoms with Gasteiger partial charge in [0.2, 0.25) is 0 Å². The van der Waals surface area contributed by atoms with E-state index in [0.717, 1.165) is 5.69 Å². The predicted molar refractivity (Wildman–Crippen MR) is 90.0 cm³/mol. The van der Waals surface area contributed by atoms with Gasteiger partial charge in [-0.15, -0.1) is 5.10 Å². The predicted octanol–water partition coefficient (Wildman–Crippen LogP) is 3.73. The molecule has 7 nitrogen and oxygen atoms in total. The molecule has 0 atom stereocenters. The number of nitrogens with one attached hydrogen (secondary N) is 1. The number of nitrogens with zero attached hydrogens (tertiary/aromatic N) is 4. The van der Waals surface area contributed by atoms with Crippen LogP contribution in [0.15, 0.2) is 34.7 Å². The normalized spacial score (nSPS) is 11.0. The van der Waals surface area contributed by atoms with Crippen LogP contribution in [0.3, 0.4) is 0 Å². The zero-order valence-corrected chi connectivity index (χ0v) is 14.2. The van der Waals surface area contributed by atoms with Crippen LogP contribution in [-0.2, 0) is 0 Å². The lowest BCUT2D eigenvalue weighted by Crippen LogP contribution is -2.14. The summed E-state index contributed by atoms with van der Waals surface area (Å²) in [6.45, 7) is 5.89. The Morgan fingerprint density at radius 1 is 1.29 bits per heavy atom. The fraction of sp³-hybridized carbons (Fsp3) is 0.250. The second-order valence-corrected chi connectivity index (χ2v) is 5.96. The summed E-state index contributed by atoms with van der Waals surface area (Å²) in [7, 11) is 0. The molecule has 0 saturated heterocycles. The Morgan fingerprint density at radius 3 is 2.71 bits per heavy atom. The maximum Gasteiger partial charge on any atom is 0.322 e. The number of amides is 1. The number of benzene rings is 1. The highest BCUT2D eigenvalue weighted by atomic mass is 35.5. The van der Waals surface area contributed by atoms with Gasteiger partial charge >= 0.3 is 6.01 Å². The molecule has 1 N–H and O–H groups in total. The van der Waals surface area contributed by atoms with Crippen LogP contribution >= 0.6 is 11.6 Å². The largest absolute Gasteiger partial charge is 0.403 e. The quantitative estimate of drug-likeness (QED) is 0.778. The Balaban J connectivity index is 1.79. The van der Waals surface area contributed by atoms with E-state index in [1.807, 2.05) is 26.8 Å². The van der Waals surface area contributed by atoms with Gasteiger partial charge in [-0.1, -0.05) is 28.8 Å². The van der Waals surface area contributed by atoms with Crippen LogP contribution < -0.4 is 5.32 Å². The lowest BCUT2D eigenvalue weighted by Gasteiger charge is -2.06.